The van der Waals surface area contributed by atoms with E-state index in [9.17, 15) is 34.2 Å². The summed E-state index contributed by atoms with van der Waals surface area (Å²) in [4.78, 5) is 69.4. The quantitative estimate of drug-likeness (QED) is 0.261. The fourth-order valence-corrected chi connectivity index (χ4v) is 12.0. The molecule has 4 saturated carbocycles. The van der Waals surface area contributed by atoms with E-state index in [1.807, 2.05) is 24.8 Å². The molecule has 1 saturated heterocycles. The molecule has 14 nitrogen and oxygen atoms in total. The number of carbonyl (C=O) groups is 3. The molecule has 325 valence electrons. The van der Waals surface area contributed by atoms with Crippen molar-refractivity contribution in [2.45, 2.75) is 103 Å². The predicted molar refractivity (Wildman–Crippen MR) is 220 cm³/mol. The highest BCUT2D eigenvalue weighted by Crippen LogP contribution is 2.67. The van der Waals surface area contributed by atoms with Crippen LogP contribution in [0.3, 0.4) is 0 Å². The molecule has 6 aliphatic rings. The minimum atomic E-state index is -1.81. The van der Waals surface area contributed by atoms with Crippen LogP contribution in [0.1, 0.15) is 93.6 Å². The van der Waals surface area contributed by atoms with E-state index in [-0.39, 0.29) is 70.8 Å². The number of carbonyl (C=O) groups excluding carboxylic acids is 3. The molecule has 2 aromatic heterocycles. The van der Waals surface area contributed by atoms with E-state index in [1.165, 1.54) is 13.3 Å². The molecule has 5 fully saturated rings. The fourth-order valence-electron chi connectivity index (χ4n) is 12.0. The second kappa shape index (κ2) is 14.9. The molecule has 1 aliphatic heterocycles. The number of hydrogen-bond acceptors (Lipinski definition) is 13. The summed E-state index contributed by atoms with van der Waals surface area (Å²) in [7, 11) is 1.42. The normalized spacial score (nSPS) is 32.3. The Bertz CT molecular complexity index is 2520. The molecule has 2 unspecified atom stereocenters. The number of benzene rings is 1. The van der Waals surface area contributed by atoms with Crippen LogP contribution in [0.2, 0.25) is 0 Å². The molecule has 3 heterocycles. The molecule has 5 aliphatic carbocycles. The molecule has 3 aromatic rings. The van der Waals surface area contributed by atoms with Gasteiger partial charge < -0.3 is 38.0 Å². The Morgan fingerprint density at radius 3 is 2.56 bits per heavy atom. The minimum Gasteiger partial charge on any atom is -0.492 e. The van der Waals surface area contributed by atoms with E-state index in [4.69, 9.17) is 18.3 Å². The van der Waals surface area contributed by atoms with Crippen molar-refractivity contribution in [3.63, 3.8) is 0 Å². The van der Waals surface area contributed by atoms with Gasteiger partial charge in [-0.25, -0.2) is 14.0 Å². The summed E-state index contributed by atoms with van der Waals surface area (Å²) >= 11 is 0. The average molecular weight is 843 g/mol. The van der Waals surface area contributed by atoms with Crippen LogP contribution in [0.25, 0.3) is 10.9 Å². The summed E-state index contributed by atoms with van der Waals surface area (Å²) in [5, 5.41) is 23.8. The largest absolute Gasteiger partial charge is 0.519 e. The number of fused-ring (bicyclic) bond motifs is 6. The number of aryl methyl sites for hydroxylation is 1. The van der Waals surface area contributed by atoms with Gasteiger partial charge in [-0.05, 0) is 88.8 Å². The van der Waals surface area contributed by atoms with Crippen LogP contribution in [0.5, 0.6) is 5.75 Å². The van der Waals surface area contributed by atoms with Gasteiger partial charge in [0.2, 0.25) is 5.43 Å². The molecule has 2 N–H and O–H groups in total. The van der Waals surface area contributed by atoms with Gasteiger partial charge in [0, 0.05) is 54.7 Å². The first-order chi connectivity index (χ1) is 29.0. The summed E-state index contributed by atoms with van der Waals surface area (Å²) in [6, 6.07) is 0.986. The Kier molecular flexibility index (Phi) is 10.1. The van der Waals surface area contributed by atoms with Crippen LogP contribution < -0.4 is 20.9 Å². The van der Waals surface area contributed by atoms with Crippen LogP contribution in [0.4, 0.5) is 10.1 Å². The zero-order chi connectivity index (χ0) is 43.3. The Balaban J connectivity index is 0.914. The first kappa shape index (κ1) is 41.5. The highest BCUT2D eigenvalue weighted by Gasteiger charge is 2.68. The van der Waals surface area contributed by atoms with Crippen molar-refractivity contribution in [2.24, 2.45) is 28.6 Å². The van der Waals surface area contributed by atoms with E-state index in [0.717, 1.165) is 37.3 Å². The SMILES string of the molecule is COc1c(N2CCN(Cc3oc(=O)oc3C)C(C)C2)c(F)cc2c(=O)c(C(=O)OC[CH]C(=O)[C@]3(O)CC[C@@H]4[C@H]5CCC6=CC(=O)C=C[C@@]6(C)C5[C@H](O)C[C@]43C)cn(C3CC3)c12. The maximum Gasteiger partial charge on any atom is 0.519 e. The first-order valence-electron chi connectivity index (χ1n) is 21.4. The Morgan fingerprint density at radius 1 is 1.10 bits per heavy atom. The lowest BCUT2D eigenvalue weighted by Gasteiger charge is -2.59. The number of methoxy groups -OCH3 is 1. The summed E-state index contributed by atoms with van der Waals surface area (Å²) < 4.78 is 39.7. The van der Waals surface area contributed by atoms with Crippen molar-refractivity contribution in [3.05, 3.63) is 86.2 Å². The second-order valence-corrected chi connectivity index (χ2v) is 18.6. The van der Waals surface area contributed by atoms with Crippen LogP contribution in [0, 0.1) is 47.7 Å². The van der Waals surface area contributed by atoms with Gasteiger partial charge in [0.05, 0.1) is 37.1 Å². The van der Waals surface area contributed by atoms with Gasteiger partial charge in [0.25, 0.3) is 0 Å². The summed E-state index contributed by atoms with van der Waals surface area (Å²) in [6.45, 7) is 8.76. The number of esters is 1. The predicted octanol–water partition coefficient (Wildman–Crippen LogP) is 4.99. The molecule has 1 radical (unpaired) electrons. The second-order valence-electron chi connectivity index (χ2n) is 18.6. The third kappa shape index (κ3) is 6.55. The maximum absolute atomic E-state index is 16.3. The number of ether oxygens (including phenoxy) is 2. The lowest BCUT2D eigenvalue weighted by Crippen LogP contribution is -2.61. The number of halogens is 1. The van der Waals surface area contributed by atoms with Crippen molar-refractivity contribution < 1.29 is 47.3 Å². The zero-order valence-corrected chi connectivity index (χ0v) is 35.2. The van der Waals surface area contributed by atoms with Crippen LogP contribution in [-0.2, 0) is 20.9 Å². The van der Waals surface area contributed by atoms with Gasteiger partial charge >= 0.3 is 11.8 Å². The number of Topliss-reactive ketones (excluding diaryl/α,β-unsaturated/α-hetero) is 1. The van der Waals surface area contributed by atoms with Gasteiger partial charge in [-0.3, -0.25) is 19.3 Å². The molecule has 15 heteroatoms. The number of pyridine rings is 1. The van der Waals surface area contributed by atoms with Gasteiger partial charge in [0.1, 0.15) is 29.2 Å². The van der Waals surface area contributed by atoms with E-state index in [1.54, 1.807) is 23.6 Å². The Labute approximate surface area is 352 Å². The average Bonchev–Trinajstić information content (AvgIpc) is 3.95. The number of rotatable bonds is 10. The molecule has 0 bridgehead atoms. The monoisotopic (exact) mass is 842 g/mol. The minimum absolute atomic E-state index is 0.0254. The molecule has 0 spiro atoms. The van der Waals surface area contributed by atoms with Crippen molar-refractivity contribution in [1.29, 1.82) is 0 Å². The van der Waals surface area contributed by atoms with Crippen molar-refractivity contribution in [3.8, 4) is 5.75 Å². The highest BCUT2D eigenvalue weighted by molar-refractivity contribution is 6.01. The molecular formula is C46H53FN3O11. The molecule has 8 atom stereocenters. The van der Waals surface area contributed by atoms with Crippen molar-refractivity contribution in [2.75, 3.05) is 38.3 Å². The van der Waals surface area contributed by atoms with Gasteiger partial charge in [0.15, 0.2) is 28.9 Å². The summed E-state index contributed by atoms with van der Waals surface area (Å²) in [5.74, 6) is -2.25. The number of aromatic nitrogens is 1. The number of ketones is 2. The molecule has 9 rings (SSSR count). The Hall–Kier alpha value is -4.86. The van der Waals surface area contributed by atoms with E-state index < -0.39 is 58.0 Å². The Morgan fingerprint density at radius 2 is 1.87 bits per heavy atom. The number of nitrogens with zero attached hydrogens (tertiary/aromatic N) is 3. The number of aliphatic hydroxyl groups is 2. The topological polar surface area (TPSA) is 182 Å². The third-order valence-corrected chi connectivity index (χ3v) is 15.4. The lowest BCUT2D eigenvalue weighted by atomic mass is 9.46. The summed E-state index contributed by atoms with van der Waals surface area (Å²) in [6.07, 6.45) is 10.9. The van der Waals surface area contributed by atoms with E-state index >= 15 is 4.39 Å². The van der Waals surface area contributed by atoms with Crippen LogP contribution in [0.15, 0.2) is 54.5 Å². The van der Waals surface area contributed by atoms with Gasteiger partial charge in [-0.2, -0.15) is 0 Å². The number of piperazine rings is 1. The van der Waals surface area contributed by atoms with Crippen molar-refractivity contribution >= 4 is 34.1 Å². The molecule has 1 aromatic carbocycles. The first-order valence-corrected chi connectivity index (χ1v) is 21.4. The van der Waals surface area contributed by atoms with Crippen LogP contribution in [-0.4, -0.2) is 88.3 Å². The highest BCUT2D eigenvalue weighted by atomic mass is 19.1. The molecule has 0 amide bonds. The van der Waals surface area contributed by atoms with Crippen LogP contribution >= 0.6 is 0 Å². The molecular weight excluding hydrogens is 790 g/mol. The summed E-state index contributed by atoms with van der Waals surface area (Å²) in [5.41, 5.74) is -2.71. The smallest absolute Gasteiger partial charge is 0.492 e. The van der Waals surface area contributed by atoms with E-state index in [0.29, 0.717) is 56.1 Å². The number of aliphatic hydroxyl groups excluding tert-OH is 1. The zero-order valence-electron chi connectivity index (χ0n) is 35.2. The number of allylic oxidation sites excluding steroid dienone is 4. The number of anilines is 1. The maximum atomic E-state index is 16.3. The standard InChI is InChI=1S/C46H53FN3O11/c1-24-21-49(16-15-48(24)23-35-25(2)60-43(56)61-35)39-33(47)19-30-38(41(39)58-5)50(27-7-8-27)22-31(40(30)54)42(55)59-17-12-36(53)46(57)14-11-32-29-9-6-26-18-28(51)10-13-44(26,3)37(29)34(52)20-45(32,46)4/h10,12-13,18-19,22,24,27,29,32,34,37,52,57H,6-9,11,14-17,20-21,23H2,1-5H3/t24?,29-,32-,34-,37?,44-,45-,46-/m1/s1. The van der Waals surface area contributed by atoms with Gasteiger partial charge in [-0.1, -0.05) is 25.5 Å². The van der Waals surface area contributed by atoms with Gasteiger partial charge in [-0.15, -0.1) is 0 Å². The fraction of sp³-hybridized carbons (Fsp3) is 0.565. The lowest BCUT2D eigenvalue weighted by molar-refractivity contribution is -0.174. The van der Waals surface area contributed by atoms with Crippen molar-refractivity contribution in [1.82, 2.24) is 9.47 Å². The van der Waals surface area contributed by atoms with E-state index in [2.05, 4.69) is 11.8 Å². The molecule has 61 heavy (non-hydrogen) atoms. The number of hydrogen-bond donors (Lipinski definition) is 2. The third-order valence-electron chi connectivity index (χ3n) is 15.4.